The molecule has 16 heavy (non-hydrogen) atoms. The minimum atomic E-state index is -0.219. The number of rotatable bonds is 3. The number of nitrogens with two attached hydrogens (primary N) is 1. The Morgan fingerprint density at radius 2 is 1.88 bits per heavy atom. The lowest BCUT2D eigenvalue weighted by Crippen LogP contribution is -2.42. The molecular formula is C13H19NO2. The fourth-order valence-electron chi connectivity index (χ4n) is 2.07. The smallest absolute Gasteiger partial charge is 0.119 e. The molecule has 2 rings (SSSR count). The van der Waals surface area contributed by atoms with Crippen LogP contribution in [-0.4, -0.2) is 19.8 Å². The van der Waals surface area contributed by atoms with Crippen LogP contribution in [0.5, 0.6) is 5.75 Å². The zero-order valence-electron chi connectivity index (χ0n) is 9.74. The van der Waals surface area contributed by atoms with Gasteiger partial charge in [-0.15, -0.1) is 0 Å². The molecule has 0 radical (unpaired) electrons. The number of hydrogen-bond donors (Lipinski definition) is 1. The summed E-state index contributed by atoms with van der Waals surface area (Å²) in [6.45, 7) is 4.19. The average molecular weight is 221 g/mol. The third-order valence-corrected chi connectivity index (χ3v) is 3.13. The molecule has 0 amide bonds. The predicted octanol–water partition coefficient (Wildman–Crippen LogP) is 2.05. The first-order valence-corrected chi connectivity index (χ1v) is 5.84. The molecule has 88 valence electrons. The van der Waals surface area contributed by atoms with Gasteiger partial charge in [-0.25, -0.2) is 0 Å². The van der Waals surface area contributed by atoms with Crippen LogP contribution in [-0.2, 0) is 10.3 Å². The molecule has 1 aliphatic rings. The molecule has 1 aliphatic heterocycles. The van der Waals surface area contributed by atoms with E-state index < -0.39 is 0 Å². The summed E-state index contributed by atoms with van der Waals surface area (Å²) in [5.41, 5.74) is 7.34. The Bertz CT molecular complexity index is 328. The van der Waals surface area contributed by atoms with Crippen molar-refractivity contribution in [3.63, 3.8) is 0 Å². The van der Waals surface area contributed by atoms with Crippen molar-refractivity contribution < 1.29 is 9.47 Å². The summed E-state index contributed by atoms with van der Waals surface area (Å²) in [5, 5.41) is 0. The minimum absolute atomic E-state index is 0.219. The molecule has 1 aromatic carbocycles. The minimum Gasteiger partial charge on any atom is -0.494 e. The van der Waals surface area contributed by atoms with Gasteiger partial charge in [0.1, 0.15) is 5.75 Å². The second-order valence-corrected chi connectivity index (χ2v) is 4.23. The molecule has 2 N–H and O–H groups in total. The molecule has 3 nitrogen and oxygen atoms in total. The molecule has 0 aliphatic carbocycles. The zero-order chi connectivity index (χ0) is 11.4. The first kappa shape index (κ1) is 11.4. The maximum atomic E-state index is 6.38. The van der Waals surface area contributed by atoms with Gasteiger partial charge in [0, 0.05) is 18.8 Å². The van der Waals surface area contributed by atoms with Crippen LogP contribution in [0.15, 0.2) is 24.3 Å². The maximum Gasteiger partial charge on any atom is 0.119 e. The first-order chi connectivity index (χ1) is 7.74. The SMILES string of the molecule is CCOc1ccc(C2(N)CCOCC2)cc1. The van der Waals surface area contributed by atoms with Gasteiger partial charge in [-0.1, -0.05) is 12.1 Å². The average Bonchev–Trinajstić information content (AvgIpc) is 2.31. The van der Waals surface area contributed by atoms with Crippen LogP contribution < -0.4 is 10.5 Å². The van der Waals surface area contributed by atoms with Crippen molar-refractivity contribution in [3.8, 4) is 5.75 Å². The van der Waals surface area contributed by atoms with Gasteiger partial charge in [0.25, 0.3) is 0 Å². The lowest BCUT2D eigenvalue weighted by Gasteiger charge is -2.33. The van der Waals surface area contributed by atoms with Crippen LogP contribution in [0.25, 0.3) is 0 Å². The van der Waals surface area contributed by atoms with E-state index in [-0.39, 0.29) is 5.54 Å². The van der Waals surface area contributed by atoms with Crippen molar-refractivity contribution in [2.24, 2.45) is 5.73 Å². The Morgan fingerprint density at radius 1 is 1.25 bits per heavy atom. The highest BCUT2D eigenvalue weighted by atomic mass is 16.5. The summed E-state index contributed by atoms with van der Waals surface area (Å²) in [4.78, 5) is 0. The molecule has 0 unspecified atom stereocenters. The Labute approximate surface area is 96.5 Å². The molecule has 1 saturated heterocycles. The second-order valence-electron chi connectivity index (χ2n) is 4.23. The Kier molecular flexibility index (Phi) is 3.46. The lowest BCUT2D eigenvalue weighted by molar-refractivity contribution is 0.0522. The van der Waals surface area contributed by atoms with Crippen molar-refractivity contribution >= 4 is 0 Å². The molecule has 3 heteroatoms. The van der Waals surface area contributed by atoms with E-state index in [0.29, 0.717) is 6.61 Å². The quantitative estimate of drug-likeness (QED) is 0.849. The van der Waals surface area contributed by atoms with E-state index in [1.165, 1.54) is 5.56 Å². The van der Waals surface area contributed by atoms with Crippen molar-refractivity contribution in [1.29, 1.82) is 0 Å². The molecular weight excluding hydrogens is 202 g/mol. The highest BCUT2D eigenvalue weighted by molar-refractivity contribution is 5.32. The van der Waals surface area contributed by atoms with Gasteiger partial charge in [-0.2, -0.15) is 0 Å². The molecule has 0 aromatic heterocycles. The van der Waals surface area contributed by atoms with E-state index >= 15 is 0 Å². The van der Waals surface area contributed by atoms with E-state index in [9.17, 15) is 0 Å². The molecule has 0 spiro atoms. The fourth-order valence-corrected chi connectivity index (χ4v) is 2.07. The Hall–Kier alpha value is -1.06. The summed E-state index contributed by atoms with van der Waals surface area (Å²) >= 11 is 0. The standard InChI is InChI=1S/C13H19NO2/c1-2-16-12-5-3-11(4-6-12)13(14)7-9-15-10-8-13/h3-6H,2,7-10,14H2,1H3. The van der Waals surface area contributed by atoms with Gasteiger partial charge >= 0.3 is 0 Å². The second kappa shape index (κ2) is 4.85. The van der Waals surface area contributed by atoms with E-state index in [2.05, 4.69) is 12.1 Å². The van der Waals surface area contributed by atoms with Gasteiger partial charge in [-0.3, -0.25) is 0 Å². The normalized spacial score (nSPS) is 19.4. The predicted molar refractivity (Wildman–Crippen MR) is 63.5 cm³/mol. The largest absolute Gasteiger partial charge is 0.494 e. The van der Waals surface area contributed by atoms with E-state index in [1.807, 2.05) is 19.1 Å². The molecule has 1 aromatic rings. The third kappa shape index (κ3) is 2.36. The lowest BCUT2D eigenvalue weighted by atomic mass is 9.84. The maximum absolute atomic E-state index is 6.38. The van der Waals surface area contributed by atoms with Gasteiger partial charge < -0.3 is 15.2 Å². The number of benzene rings is 1. The molecule has 0 bridgehead atoms. The number of ether oxygens (including phenoxy) is 2. The van der Waals surface area contributed by atoms with Gasteiger partial charge in [-0.05, 0) is 37.5 Å². The molecule has 1 fully saturated rings. The van der Waals surface area contributed by atoms with Crippen LogP contribution in [0.1, 0.15) is 25.3 Å². The van der Waals surface area contributed by atoms with Crippen molar-refractivity contribution in [1.82, 2.24) is 0 Å². The molecule has 0 saturated carbocycles. The van der Waals surface area contributed by atoms with Crippen molar-refractivity contribution in [3.05, 3.63) is 29.8 Å². The summed E-state index contributed by atoms with van der Waals surface area (Å²) in [6, 6.07) is 8.11. The highest BCUT2D eigenvalue weighted by Gasteiger charge is 2.29. The summed E-state index contributed by atoms with van der Waals surface area (Å²) in [5.74, 6) is 0.905. The number of hydrogen-bond acceptors (Lipinski definition) is 3. The monoisotopic (exact) mass is 221 g/mol. The van der Waals surface area contributed by atoms with Crippen molar-refractivity contribution in [2.75, 3.05) is 19.8 Å². The van der Waals surface area contributed by atoms with Crippen LogP contribution in [0.3, 0.4) is 0 Å². The van der Waals surface area contributed by atoms with Gasteiger partial charge in [0.15, 0.2) is 0 Å². The Morgan fingerprint density at radius 3 is 2.44 bits per heavy atom. The van der Waals surface area contributed by atoms with E-state index in [4.69, 9.17) is 15.2 Å². The van der Waals surface area contributed by atoms with E-state index in [0.717, 1.165) is 31.8 Å². The zero-order valence-corrected chi connectivity index (χ0v) is 9.74. The van der Waals surface area contributed by atoms with E-state index in [1.54, 1.807) is 0 Å². The third-order valence-electron chi connectivity index (χ3n) is 3.13. The summed E-state index contributed by atoms with van der Waals surface area (Å²) < 4.78 is 10.8. The first-order valence-electron chi connectivity index (χ1n) is 5.84. The topological polar surface area (TPSA) is 44.5 Å². The molecule has 1 heterocycles. The van der Waals surface area contributed by atoms with Crippen LogP contribution in [0.2, 0.25) is 0 Å². The van der Waals surface area contributed by atoms with Gasteiger partial charge in [0.05, 0.1) is 6.61 Å². The highest BCUT2D eigenvalue weighted by Crippen LogP contribution is 2.30. The van der Waals surface area contributed by atoms with Crippen LogP contribution >= 0.6 is 0 Å². The molecule has 0 atom stereocenters. The van der Waals surface area contributed by atoms with Crippen LogP contribution in [0, 0.1) is 0 Å². The van der Waals surface area contributed by atoms with Crippen molar-refractivity contribution in [2.45, 2.75) is 25.3 Å². The Balaban J connectivity index is 2.13. The van der Waals surface area contributed by atoms with Gasteiger partial charge in [0.2, 0.25) is 0 Å². The summed E-state index contributed by atoms with van der Waals surface area (Å²) in [7, 11) is 0. The summed E-state index contributed by atoms with van der Waals surface area (Å²) in [6.07, 6.45) is 1.78. The fraction of sp³-hybridized carbons (Fsp3) is 0.538. The van der Waals surface area contributed by atoms with Crippen LogP contribution in [0.4, 0.5) is 0 Å².